The second kappa shape index (κ2) is 10.0. The predicted molar refractivity (Wildman–Crippen MR) is 126 cm³/mol. The Morgan fingerprint density at radius 1 is 1.19 bits per heavy atom. The zero-order chi connectivity index (χ0) is 22.7. The summed E-state index contributed by atoms with van der Waals surface area (Å²) in [6.07, 6.45) is 9.91. The fraction of sp³-hybridized carbons (Fsp3) is 0.739. The van der Waals surface area contributed by atoms with Gasteiger partial charge < -0.3 is 25.2 Å². The number of nitrogens with one attached hydrogen (secondary N) is 2. The fourth-order valence-corrected chi connectivity index (χ4v) is 5.16. The lowest BCUT2D eigenvalue weighted by atomic mass is 9.91. The largest absolute Gasteiger partial charge is 0.396 e. The summed E-state index contributed by atoms with van der Waals surface area (Å²) in [5.74, 6) is 1.51. The summed E-state index contributed by atoms with van der Waals surface area (Å²) in [6, 6.07) is 0.919. The lowest BCUT2D eigenvalue weighted by molar-refractivity contribution is -0.119. The highest BCUT2D eigenvalue weighted by atomic mass is 16.3. The summed E-state index contributed by atoms with van der Waals surface area (Å²) in [4.78, 5) is 28.4. The molecular formula is C23H37N7O2. The van der Waals surface area contributed by atoms with E-state index in [0.29, 0.717) is 0 Å². The van der Waals surface area contributed by atoms with Gasteiger partial charge in [-0.3, -0.25) is 4.79 Å². The van der Waals surface area contributed by atoms with Gasteiger partial charge in [-0.2, -0.15) is 9.97 Å². The van der Waals surface area contributed by atoms with Crippen LogP contribution in [0.5, 0.6) is 0 Å². The maximum Gasteiger partial charge on any atom is 0.229 e. The number of aliphatic hydroxyl groups excluding tert-OH is 1. The SMILES string of the molecule is CC(=O)NC1CCCC(Nc2nc(N3CCCC[C@H]3CCO)nc3c2ncn3C(C)C)C1. The van der Waals surface area contributed by atoms with Crippen molar-refractivity contribution in [1.82, 2.24) is 24.8 Å². The van der Waals surface area contributed by atoms with Gasteiger partial charge >= 0.3 is 0 Å². The molecule has 2 aromatic rings. The predicted octanol–water partition coefficient (Wildman–Crippen LogP) is 3.01. The average Bonchev–Trinajstić information content (AvgIpc) is 3.19. The van der Waals surface area contributed by atoms with Gasteiger partial charge in [0.1, 0.15) is 0 Å². The minimum atomic E-state index is 0.0260. The quantitative estimate of drug-likeness (QED) is 0.604. The van der Waals surface area contributed by atoms with E-state index in [1.165, 1.54) is 6.42 Å². The monoisotopic (exact) mass is 443 g/mol. The molecule has 2 aliphatic rings. The summed E-state index contributed by atoms with van der Waals surface area (Å²) in [7, 11) is 0. The summed E-state index contributed by atoms with van der Waals surface area (Å²) >= 11 is 0. The Bertz CT molecular complexity index is 926. The Kier molecular flexibility index (Phi) is 7.13. The Labute approximate surface area is 190 Å². The minimum Gasteiger partial charge on any atom is -0.396 e. The van der Waals surface area contributed by atoms with Crippen molar-refractivity contribution in [2.75, 3.05) is 23.4 Å². The molecule has 1 saturated heterocycles. The fourth-order valence-electron chi connectivity index (χ4n) is 5.16. The number of aliphatic hydroxyl groups is 1. The summed E-state index contributed by atoms with van der Waals surface area (Å²) in [5.41, 5.74) is 1.63. The van der Waals surface area contributed by atoms with E-state index in [9.17, 15) is 9.90 Å². The van der Waals surface area contributed by atoms with Crippen molar-refractivity contribution in [3.05, 3.63) is 6.33 Å². The molecule has 9 heteroatoms. The highest BCUT2D eigenvalue weighted by Crippen LogP contribution is 2.31. The van der Waals surface area contributed by atoms with E-state index >= 15 is 0 Å². The molecule has 2 fully saturated rings. The van der Waals surface area contributed by atoms with Crippen molar-refractivity contribution < 1.29 is 9.90 Å². The molecule has 3 heterocycles. The molecule has 176 valence electrons. The highest BCUT2D eigenvalue weighted by molar-refractivity contribution is 5.84. The lowest BCUT2D eigenvalue weighted by Gasteiger charge is -2.36. The van der Waals surface area contributed by atoms with E-state index in [0.717, 1.165) is 74.4 Å². The van der Waals surface area contributed by atoms with Gasteiger partial charge in [-0.25, -0.2) is 4.98 Å². The van der Waals surface area contributed by atoms with Gasteiger partial charge in [0.15, 0.2) is 17.0 Å². The molecule has 0 bridgehead atoms. The van der Waals surface area contributed by atoms with E-state index in [2.05, 4.69) is 38.9 Å². The van der Waals surface area contributed by atoms with E-state index in [1.54, 1.807) is 6.92 Å². The van der Waals surface area contributed by atoms with Crippen molar-refractivity contribution in [1.29, 1.82) is 0 Å². The molecule has 4 rings (SSSR count). The molecule has 3 atom stereocenters. The lowest BCUT2D eigenvalue weighted by Crippen LogP contribution is -2.42. The minimum absolute atomic E-state index is 0.0260. The second-order valence-electron chi connectivity index (χ2n) is 9.55. The third kappa shape index (κ3) is 4.98. The van der Waals surface area contributed by atoms with Crippen LogP contribution in [0.15, 0.2) is 6.33 Å². The third-order valence-corrected chi connectivity index (χ3v) is 6.73. The number of carbonyl (C=O) groups is 1. The average molecular weight is 444 g/mol. The van der Waals surface area contributed by atoms with Crippen LogP contribution < -0.4 is 15.5 Å². The van der Waals surface area contributed by atoms with Crippen molar-refractivity contribution in [2.24, 2.45) is 0 Å². The molecule has 3 N–H and O–H groups in total. The number of fused-ring (bicyclic) bond motifs is 1. The van der Waals surface area contributed by atoms with Gasteiger partial charge in [-0.15, -0.1) is 0 Å². The first-order valence-corrected chi connectivity index (χ1v) is 12.1. The van der Waals surface area contributed by atoms with Crippen LogP contribution >= 0.6 is 0 Å². The Balaban J connectivity index is 1.67. The van der Waals surface area contributed by atoms with Crippen molar-refractivity contribution >= 4 is 28.8 Å². The standard InChI is InChI=1S/C23H37N7O2/c1-15(2)30-14-24-20-21(26-18-8-6-7-17(13-18)25-16(3)32)27-23(28-22(20)30)29-11-5-4-9-19(29)10-12-31/h14-15,17-19,31H,4-13H2,1-3H3,(H,25,32)(H,26,27,28)/t17?,18?,19-/m0/s1. The Hall–Kier alpha value is -2.42. The molecule has 2 aromatic heterocycles. The van der Waals surface area contributed by atoms with Crippen molar-refractivity contribution in [3.8, 4) is 0 Å². The molecule has 0 radical (unpaired) electrons. The molecule has 2 unspecified atom stereocenters. The highest BCUT2D eigenvalue weighted by Gasteiger charge is 2.28. The maximum absolute atomic E-state index is 11.5. The molecule has 32 heavy (non-hydrogen) atoms. The third-order valence-electron chi connectivity index (χ3n) is 6.73. The zero-order valence-electron chi connectivity index (χ0n) is 19.5. The molecule has 0 aromatic carbocycles. The topological polar surface area (TPSA) is 108 Å². The molecule has 1 saturated carbocycles. The van der Waals surface area contributed by atoms with Crippen LogP contribution in [0.2, 0.25) is 0 Å². The number of imidazole rings is 1. The number of piperidine rings is 1. The number of amides is 1. The number of anilines is 2. The molecular weight excluding hydrogens is 406 g/mol. The van der Waals surface area contributed by atoms with E-state index in [-0.39, 0.29) is 36.7 Å². The van der Waals surface area contributed by atoms with Crippen molar-refractivity contribution in [2.45, 2.75) is 96.3 Å². The first kappa shape index (κ1) is 22.8. The van der Waals surface area contributed by atoms with Crippen molar-refractivity contribution in [3.63, 3.8) is 0 Å². The Morgan fingerprint density at radius 3 is 2.75 bits per heavy atom. The van der Waals surface area contributed by atoms with Crippen LogP contribution in [0.25, 0.3) is 11.2 Å². The van der Waals surface area contributed by atoms with Gasteiger partial charge in [-0.1, -0.05) is 0 Å². The van der Waals surface area contributed by atoms with E-state index in [4.69, 9.17) is 9.97 Å². The normalized spacial score (nSPS) is 24.2. The van der Waals surface area contributed by atoms with E-state index in [1.807, 2.05) is 6.33 Å². The number of hydrogen-bond donors (Lipinski definition) is 3. The molecule has 1 amide bonds. The number of rotatable bonds is 7. The van der Waals surface area contributed by atoms with Crippen LogP contribution in [0, 0.1) is 0 Å². The van der Waals surface area contributed by atoms with Gasteiger partial charge in [0.05, 0.1) is 6.33 Å². The smallest absolute Gasteiger partial charge is 0.229 e. The molecule has 9 nitrogen and oxygen atoms in total. The number of carbonyl (C=O) groups excluding carboxylic acids is 1. The number of hydrogen-bond acceptors (Lipinski definition) is 7. The van der Waals surface area contributed by atoms with Crippen LogP contribution in [0.1, 0.15) is 78.2 Å². The first-order chi connectivity index (χ1) is 15.5. The summed E-state index contributed by atoms with van der Waals surface area (Å²) in [6.45, 7) is 6.91. The van der Waals surface area contributed by atoms with Crippen LogP contribution in [0.4, 0.5) is 11.8 Å². The van der Waals surface area contributed by atoms with Crippen LogP contribution in [-0.4, -0.2) is 61.8 Å². The molecule has 1 aliphatic heterocycles. The molecule has 0 spiro atoms. The van der Waals surface area contributed by atoms with Gasteiger partial charge in [0.2, 0.25) is 11.9 Å². The zero-order valence-corrected chi connectivity index (χ0v) is 19.5. The maximum atomic E-state index is 11.5. The van der Waals surface area contributed by atoms with E-state index < -0.39 is 0 Å². The summed E-state index contributed by atoms with van der Waals surface area (Å²) in [5, 5.41) is 16.3. The second-order valence-corrected chi connectivity index (χ2v) is 9.55. The van der Waals surface area contributed by atoms with Crippen LogP contribution in [0.3, 0.4) is 0 Å². The molecule has 1 aliphatic carbocycles. The first-order valence-electron chi connectivity index (χ1n) is 12.1. The summed E-state index contributed by atoms with van der Waals surface area (Å²) < 4.78 is 2.09. The van der Waals surface area contributed by atoms with Gasteiger partial charge in [0, 0.05) is 44.2 Å². The van der Waals surface area contributed by atoms with Crippen LogP contribution in [-0.2, 0) is 4.79 Å². The van der Waals surface area contributed by atoms with Gasteiger partial charge in [0.25, 0.3) is 0 Å². The Morgan fingerprint density at radius 2 is 2.00 bits per heavy atom. The van der Waals surface area contributed by atoms with Gasteiger partial charge in [-0.05, 0) is 65.2 Å². The number of nitrogens with zero attached hydrogens (tertiary/aromatic N) is 5. The number of aromatic nitrogens is 4.